The number of benzene rings is 2. The first-order valence-corrected chi connectivity index (χ1v) is 11.4. The summed E-state index contributed by atoms with van der Waals surface area (Å²) in [7, 11) is 0. The molecular formula is C21H14ClN3O4S2. The highest BCUT2D eigenvalue weighted by molar-refractivity contribution is 7.99. The Hall–Kier alpha value is -3.01. The summed E-state index contributed by atoms with van der Waals surface area (Å²) in [5.74, 6) is 1.04. The lowest BCUT2D eigenvalue weighted by Gasteiger charge is -2.13. The van der Waals surface area contributed by atoms with E-state index in [1.165, 1.54) is 27.7 Å². The molecule has 0 unspecified atom stereocenters. The summed E-state index contributed by atoms with van der Waals surface area (Å²) in [6.07, 6.45) is 0. The number of aromatic nitrogens is 2. The van der Waals surface area contributed by atoms with Crippen molar-refractivity contribution in [1.82, 2.24) is 9.55 Å². The number of thioether (sulfide) groups is 1. The van der Waals surface area contributed by atoms with E-state index in [2.05, 4.69) is 10.3 Å². The van der Waals surface area contributed by atoms with Crippen molar-refractivity contribution in [3.8, 4) is 17.2 Å². The maximum atomic E-state index is 13.1. The van der Waals surface area contributed by atoms with E-state index < -0.39 is 0 Å². The van der Waals surface area contributed by atoms with Crippen molar-refractivity contribution in [1.29, 1.82) is 0 Å². The van der Waals surface area contributed by atoms with Crippen LogP contribution in [0.4, 0.5) is 5.69 Å². The fraction of sp³-hybridized carbons (Fsp3) is 0.0952. The summed E-state index contributed by atoms with van der Waals surface area (Å²) in [4.78, 5) is 30.3. The second kappa shape index (κ2) is 8.26. The largest absolute Gasteiger partial charge is 0.454 e. The van der Waals surface area contributed by atoms with E-state index in [9.17, 15) is 9.59 Å². The number of carbonyl (C=O) groups excluding carboxylic acids is 1. The highest BCUT2D eigenvalue weighted by Crippen LogP contribution is 2.34. The molecule has 10 heteroatoms. The highest BCUT2D eigenvalue weighted by Gasteiger charge is 2.18. The van der Waals surface area contributed by atoms with Crippen LogP contribution < -0.4 is 20.3 Å². The normalized spacial score (nSPS) is 12.3. The predicted octanol–water partition coefficient (Wildman–Crippen LogP) is 4.56. The third-order valence-electron chi connectivity index (χ3n) is 4.53. The smallest absolute Gasteiger partial charge is 0.276 e. The predicted molar refractivity (Wildman–Crippen MR) is 122 cm³/mol. The minimum absolute atomic E-state index is 0.0565. The van der Waals surface area contributed by atoms with Crippen LogP contribution in [0.3, 0.4) is 0 Å². The van der Waals surface area contributed by atoms with Crippen molar-refractivity contribution in [3.05, 3.63) is 69.3 Å². The minimum atomic E-state index is -0.241. The van der Waals surface area contributed by atoms with Gasteiger partial charge in [-0.25, -0.2) is 4.98 Å². The maximum absolute atomic E-state index is 13.1. The number of carbonyl (C=O) groups is 1. The molecule has 2 aromatic heterocycles. The molecule has 1 aliphatic heterocycles. The number of fused-ring (bicyclic) bond motifs is 2. The molecule has 0 fully saturated rings. The monoisotopic (exact) mass is 471 g/mol. The van der Waals surface area contributed by atoms with Crippen LogP contribution in [0, 0.1) is 0 Å². The van der Waals surface area contributed by atoms with Crippen molar-refractivity contribution in [2.45, 2.75) is 5.16 Å². The number of thiophene rings is 1. The number of nitrogens with zero attached hydrogens (tertiary/aromatic N) is 2. The average molecular weight is 472 g/mol. The van der Waals surface area contributed by atoms with Gasteiger partial charge in [-0.15, -0.1) is 11.3 Å². The molecule has 0 saturated heterocycles. The molecule has 4 aromatic rings. The number of amides is 1. The maximum Gasteiger partial charge on any atom is 0.276 e. The number of ether oxygens (including phenoxy) is 2. The van der Waals surface area contributed by atoms with Crippen LogP contribution in [0.1, 0.15) is 0 Å². The van der Waals surface area contributed by atoms with Gasteiger partial charge in [0, 0.05) is 11.8 Å². The van der Waals surface area contributed by atoms with Crippen LogP contribution in [0.25, 0.3) is 15.9 Å². The molecule has 1 N–H and O–H groups in total. The number of halogens is 1. The van der Waals surface area contributed by atoms with Gasteiger partial charge in [-0.2, -0.15) is 0 Å². The quantitative estimate of drug-likeness (QED) is 0.339. The molecule has 1 amide bonds. The number of nitrogens with one attached hydrogen (secondary N) is 1. The van der Waals surface area contributed by atoms with Crippen LogP contribution in [0.15, 0.2) is 63.9 Å². The lowest BCUT2D eigenvalue weighted by Crippen LogP contribution is -2.22. The zero-order valence-electron chi connectivity index (χ0n) is 15.8. The first kappa shape index (κ1) is 19.9. The van der Waals surface area contributed by atoms with Gasteiger partial charge in [0.05, 0.1) is 22.0 Å². The van der Waals surface area contributed by atoms with Gasteiger partial charge >= 0.3 is 0 Å². The molecule has 3 heterocycles. The van der Waals surface area contributed by atoms with Gasteiger partial charge in [0.1, 0.15) is 4.70 Å². The van der Waals surface area contributed by atoms with Crippen molar-refractivity contribution in [3.63, 3.8) is 0 Å². The third kappa shape index (κ3) is 3.87. The van der Waals surface area contributed by atoms with Crippen molar-refractivity contribution >= 4 is 56.5 Å². The minimum Gasteiger partial charge on any atom is -0.454 e. The van der Waals surface area contributed by atoms with Gasteiger partial charge in [0.25, 0.3) is 5.56 Å². The van der Waals surface area contributed by atoms with E-state index in [1.807, 2.05) is 5.38 Å². The molecule has 31 heavy (non-hydrogen) atoms. The zero-order valence-corrected chi connectivity index (χ0v) is 18.2. The van der Waals surface area contributed by atoms with Crippen LogP contribution in [-0.4, -0.2) is 28.0 Å². The summed E-state index contributed by atoms with van der Waals surface area (Å²) >= 11 is 8.84. The van der Waals surface area contributed by atoms with Crippen molar-refractivity contribution in [2.24, 2.45) is 0 Å². The summed E-state index contributed by atoms with van der Waals surface area (Å²) in [6.45, 7) is 0.166. The topological polar surface area (TPSA) is 82.5 Å². The lowest BCUT2D eigenvalue weighted by molar-refractivity contribution is -0.113. The Balaban J connectivity index is 1.42. The third-order valence-corrected chi connectivity index (χ3v) is 6.68. The molecule has 0 aliphatic carbocycles. The molecule has 7 nitrogen and oxygen atoms in total. The van der Waals surface area contributed by atoms with Crippen molar-refractivity contribution < 1.29 is 14.3 Å². The van der Waals surface area contributed by atoms with E-state index in [4.69, 9.17) is 21.1 Å². The molecule has 0 bridgehead atoms. The summed E-state index contributed by atoms with van der Waals surface area (Å²) in [5, 5.41) is 5.46. The second-order valence-corrected chi connectivity index (χ2v) is 8.79. The van der Waals surface area contributed by atoms with Gasteiger partial charge in [0.2, 0.25) is 12.7 Å². The first-order valence-electron chi connectivity index (χ1n) is 9.17. The standard InChI is InChI=1S/C21H14ClN3O4S2/c22-13-3-1-2-4-15(13)25-20(27)19-14(7-8-30-19)24-21(25)31-10-18(26)23-12-5-6-16-17(9-12)29-11-28-16/h1-9H,10-11H2,(H,23,26). The number of rotatable bonds is 5. The first-order chi connectivity index (χ1) is 15.1. The molecule has 0 saturated carbocycles. The van der Waals surface area contributed by atoms with E-state index in [1.54, 1.807) is 48.5 Å². The van der Waals surface area contributed by atoms with Crippen LogP contribution >= 0.6 is 34.7 Å². The van der Waals surface area contributed by atoms with Gasteiger partial charge in [-0.1, -0.05) is 35.5 Å². The molecule has 2 aromatic carbocycles. The molecule has 5 rings (SSSR count). The van der Waals surface area contributed by atoms with Crippen LogP contribution in [-0.2, 0) is 4.79 Å². The van der Waals surface area contributed by atoms with E-state index in [0.717, 1.165) is 0 Å². The summed E-state index contributed by atoms with van der Waals surface area (Å²) in [5.41, 5.74) is 1.50. The summed E-state index contributed by atoms with van der Waals surface area (Å²) < 4.78 is 12.6. The highest BCUT2D eigenvalue weighted by atomic mass is 35.5. The molecule has 0 radical (unpaired) electrons. The Kier molecular flexibility index (Phi) is 5.31. The SMILES string of the molecule is O=C(CSc1nc2ccsc2c(=O)n1-c1ccccc1Cl)Nc1ccc2c(c1)OCO2. The fourth-order valence-electron chi connectivity index (χ4n) is 3.14. The van der Waals surface area contributed by atoms with Crippen molar-refractivity contribution in [2.75, 3.05) is 17.9 Å². The molecule has 0 atom stereocenters. The molecule has 1 aliphatic rings. The zero-order chi connectivity index (χ0) is 21.4. The summed E-state index contributed by atoms with van der Waals surface area (Å²) in [6, 6.07) is 14.0. The Morgan fingerprint density at radius 2 is 2.03 bits per heavy atom. The lowest BCUT2D eigenvalue weighted by atomic mass is 10.3. The number of hydrogen-bond acceptors (Lipinski definition) is 7. The Bertz CT molecular complexity index is 1370. The van der Waals surface area contributed by atoms with E-state index >= 15 is 0 Å². The van der Waals surface area contributed by atoms with Crippen LogP contribution in [0.5, 0.6) is 11.5 Å². The number of hydrogen-bond donors (Lipinski definition) is 1. The van der Waals surface area contributed by atoms with Gasteiger partial charge in [-0.05, 0) is 35.7 Å². The fourth-order valence-corrected chi connectivity index (χ4v) is 4.92. The van der Waals surface area contributed by atoms with E-state index in [-0.39, 0.29) is 24.0 Å². The Morgan fingerprint density at radius 3 is 2.90 bits per heavy atom. The number of anilines is 1. The van der Waals surface area contributed by atoms with Gasteiger partial charge < -0.3 is 14.8 Å². The van der Waals surface area contributed by atoms with Crippen LogP contribution in [0.2, 0.25) is 5.02 Å². The molecule has 0 spiro atoms. The van der Waals surface area contributed by atoms with Gasteiger partial charge in [0.15, 0.2) is 16.7 Å². The Morgan fingerprint density at radius 1 is 1.19 bits per heavy atom. The number of para-hydroxylation sites is 1. The van der Waals surface area contributed by atoms with Gasteiger partial charge in [-0.3, -0.25) is 14.2 Å². The van der Waals surface area contributed by atoms with E-state index in [0.29, 0.717) is 43.3 Å². The molecular weight excluding hydrogens is 458 g/mol. The average Bonchev–Trinajstić information content (AvgIpc) is 3.42. The molecule has 156 valence electrons. The second-order valence-electron chi connectivity index (χ2n) is 6.53. The Labute approximate surface area is 189 Å².